The molecule has 0 radical (unpaired) electrons. The molecule has 1 unspecified atom stereocenters. The summed E-state index contributed by atoms with van der Waals surface area (Å²) in [6.07, 6.45) is 3.33. The number of alkyl carbamates (subject to hydrolysis) is 1. The zero-order chi connectivity index (χ0) is 17.0. The summed E-state index contributed by atoms with van der Waals surface area (Å²) >= 11 is 0. The topological polar surface area (TPSA) is 87.7 Å². The minimum absolute atomic E-state index is 0.0287. The summed E-state index contributed by atoms with van der Waals surface area (Å²) < 4.78 is 5.14. The van der Waals surface area contributed by atoms with Crippen LogP contribution in [-0.4, -0.2) is 53.6 Å². The van der Waals surface area contributed by atoms with E-state index in [1.165, 1.54) is 0 Å². The lowest BCUT2D eigenvalue weighted by Gasteiger charge is -2.34. The number of carbonyl (C=O) groups excluding carboxylic acids is 3. The Morgan fingerprint density at radius 1 is 1.35 bits per heavy atom. The lowest BCUT2D eigenvalue weighted by atomic mass is 10.0. The van der Waals surface area contributed by atoms with Gasteiger partial charge in [0, 0.05) is 13.1 Å². The van der Waals surface area contributed by atoms with Crippen molar-refractivity contribution >= 4 is 17.9 Å². The normalized spacial score (nSPS) is 24.2. The fourth-order valence-electron chi connectivity index (χ4n) is 3.01. The average Bonchev–Trinajstić information content (AvgIpc) is 2.91. The van der Waals surface area contributed by atoms with Crippen LogP contribution < -0.4 is 10.6 Å². The van der Waals surface area contributed by atoms with Gasteiger partial charge in [-0.3, -0.25) is 9.59 Å². The van der Waals surface area contributed by atoms with Gasteiger partial charge in [0.05, 0.1) is 0 Å². The van der Waals surface area contributed by atoms with Crippen molar-refractivity contribution in [2.45, 2.75) is 70.6 Å². The Bertz CT molecular complexity index is 472. The van der Waals surface area contributed by atoms with Crippen LogP contribution in [0.1, 0.15) is 52.9 Å². The highest BCUT2D eigenvalue weighted by atomic mass is 16.6. The van der Waals surface area contributed by atoms with Crippen molar-refractivity contribution in [3.8, 4) is 0 Å². The molecule has 2 N–H and O–H groups in total. The molecule has 2 aliphatic rings. The van der Waals surface area contributed by atoms with Crippen molar-refractivity contribution in [3.05, 3.63) is 0 Å². The van der Waals surface area contributed by atoms with Crippen LogP contribution in [-0.2, 0) is 14.3 Å². The molecule has 7 nitrogen and oxygen atoms in total. The van der Waals surface area contributed by atoms with E-state index < -0.39 is 17.7 Å². The van der Waals surface area contributed by atoms with Crippen LogP contribution in [0.3, 0.4) is 0 Å². The van der Waals surface area contributed by atoms with E-state index in [0.29, 0.717) is 19.5 Å². The first-order chi connectivity index (χ1) is 10.8. The zero-order valence-electron chi connectivity index (χ0n) is 14.2. The maximum Gasteiger partial charge on any atom is 0.407 e. The summed E-state index contributed by atoms with van der Waals surface area (Å²) in [5.41, 5.74) is -0.505. The number of rotatable bonds is 5. The Morgan fingerprint density at radius 3 is 2.78 bits per heavy atom. The molecule has 2 aliphatic heterocycles. The van der Waals surface area contributed by atoms with Crippen molar-refractivity contribution in [3.63, 3.8) is 0 Å². The second-order valence-corrected chi connectivity index (χ2v) is 7.18. The van der Waals surface area contributed by atoms with Gasteiger partial charge in [0.1, 0.15) is 17.7 Å². The van der Waals surface area contributed by atoms with Crippen molar-refractivity contribution in [2.24, 2.45) is 0 Å². The number of fused-ring (bicyclic) bond motifs is 1. The zero-order valence-corrected chi connectivity index (χ0v) is 14.2. The molecule has 2 fully saturated rings. The summed E-state index contributed by atoms with van der Waals surface area (Å²) in [5.74, 6) is 0.00572. The predicted octanol–water partition coefficient (Wildman–Crippen LogP) is 1.17. The SMILES string of the molecule is CC(C)(C)OC(=O)NCCCC[C@@H]1NC(=O)C2CCCN2C1=O. The Labute approximate surface area is 137 Å². The van der Waals surface area contributed by atoms with Crippen LogP contribution >= 0.6 is 0 Å². The first-order valence-electron chi connectivity index (χ1n) is 8.35. The van der Waals surface area contributed by atoms with E-state index in [-0.39, 0.29) is 17.9 Å². The summed E-state index contributed by atoms with van der Waals surface area (Å²) in [5, 5.41) is 5.52. The van der Waals surface area contributed by atoms with Gasteiger partial charge in [-0.1, -0.05) is 0 Å². The van der Waals surface area contributed by atoms with E-state index in [1.807, 2.05) is 20.8 Å². The molecule has 7 heteroatoms. The van der Waals surface area contributed by atoms with E-state index in [4.69, 9.17) is 4.74 Å². The molecule has 0 saturated carbocycles. The Kier molecular flexibility index (Phi) is 5.49. The number of hydrogen-bond donors (Lipinski definition) is 2. The second-order valence-electron chi connectivity index (χ2n) is 7.18. The highest BCUT2D eigenvalue weighted by molar-refractivity contribution is 5.97. The standard InChI is InChI=1S/C16H27N3O4/c1-16(2,3)23-15(22)17-9-5-4-7-11-14(21)19-10-6-8-12(19)13(20)18-11/h11-12H,4-10H2,1-3H3,(H,17,22)(H,18,20)/t11-,12?/m0/s1. The van der Waals surface area contributed by atoms with Gasteiger partial charge in [0.2, 0.25) is 11.8 Å². The van der Waals surface area contributed by atoms with Gasteiger partial charge in [-0.05, 0) is 52.9 Å². The lowest BCUT2D eigenvalue weighted by Crippen LogP contribution is -2.61. The van der Waals surface area contributed by atoms with E-state index in [1.54, 1.807) is 4.90 Å². The maximum atomic E-state index is 12.3. The molecule has 2 rings (SSSR count). The molecule has 2 atom stereocenters. The molecule has 0 aromatic rings. The van der Waals surface area contributed by atoms with E-state index in [0.717, 1.165) is 25.7 Å². The van der Waals surface area contributed by atoms with Crippen molar-refractivity contribution in [1.29, 1.82) is 0 Å². The van der Waals surface area contributed by atoms with Crippen LogP contribution in [0.4, 0.5) is 4.79 Å². The third-order valence-corrected chi connectivity index (χ3v) is 4.04. The number of unbranched alkanes of at least 4 members (excludes halogenated alkanes) is 1. The third-order valence-electron chi connectivity index (χ3n) is 4.04. The van der Waals surface area contributed by atoms with Crippen LogP contribution in [0.2, 0.25) is 0 Å². The van der Waals surface area contributed by atoms with Gasteiger partial charge in [0.15, 0.2) is 0 Å². The van der Waals surface area contributed by atoms with Crippen LogP contribution in [0, 0.1) is 0 Å². The van der Waals surface area contributed by atoms with Gasteiger partial charge in [-0.2, -0.15) is 0 Å². The fraction of sp³-hybridized carbons (Fsp3) is 0.812. The lowest BCUT2D eigenvalue weighted by molar-refractivity contribution is -0.147. The number of amides is 3. The van der Waals surface area contributed by atoms with Gasteiger partial charge in [-0.15, -0.1) is 0 Å². The fourth-order valence-corrected chi connectivity index (χ4v) is 3.01. The first-order valence-corrected chi connectivity index (χ1v) is 8.35. The van der Waals surface area contributed by atoms with Crippen LogP contribution in [0.15, 0.2) is 0 Å². The van der Waals surface area contributed by atoms with E-state index >= 15 is 0 Å². The third kappa shape index (κ3) is 4.84. The molecular formula is C16H27N3O4. The number of piperazine rings is 1. The summed E-state index contributed by atoms with van der Waals surface area (Å²) in [7, 11) is 0. The number of carbonyl (C=O) groups is 3. The molecule has 0 spiro atoms. The molecule has 130 valence electrons. The molecule has 0 aromatic heterocycles. The molecule has 0 bridgehead atoms. The van der Waals surface area contributed by atoms with Crippen LogP contribution in [0.5, 0.6) is 0 Å². The minimum Gasteiger partial charge on any atom is -0.444 e. The summed E-state index contributed by atoms with van der Waals surface area (Å²) in [6.45, 7) is 6.63. The number of nitrogens with zero attached hydrogens (tertiary/aromatic N) is 1. The first kappa shape index (κ1) is 17.6. The molecule has 0 aromatic carbocycles. The van der Waals surface area contributed by atoms with Crippen LogP contribution in [0.25, 0.3) is 0 Å². The molecule has 3 amide bonds. The second kappa shape index (κ2) is 7.19. The largest absolute Gasteiger partial charge is 0.444 e. The minimum atomic E-state index is -0.505. The Balaban J connectivity index is 1.65. The highest BCUT2D eigenvalue weighted by Crippen LogP contribution is 2.23. The van der Waals surface area contributed by atoms with E-state index in [9.17, 15) is 14.4 Å². The van der Waals surface area contributed by atoms with Gasteiger partial charge < -0.3 is 20.3 Å². The van der Waals surface area contributed by atoms with Crippen molar-refractivity contribution in [2.75, 3.05) is 13.1 Å². The smallest absolute Gasteiger partial charge is 0.407 e. The molecule has 2 heterocycles. The highest BCUT2D eigenvalue weighted by Gasteiger charge is 2.42. The van der Waals surface area contributed by atoms with Crippen molar-refractivity contribution in [1.82, 2.24) is 15.5 Å². The van der Waals surface area contributed by atoms with Gasteiger partial charge in [-0.25, -0.2) is 4.79 Å². The monoisotopic (exact) mass is 325 g/mol. The Morgan fingerprint density at radius 2 is 2.09 bits per heavy atom. The van der Waals surface area contributed by atoms with Gasteiger partial charge >= 0.3 is 6.09 Å². The van der Waals surface area contributed by atoms with Gasteiger partial charge in [0.25, 0.3) is 0 Å². The predicted molar refractivity (Wildman–Crippen MR) is 84.8 cm³/mol. The molecular weight excluding hydrogens is 298 g/mol. The van der Waals surface area contributed by atoms with Crippen molar-refractivity contribution < 1.29 is 19.1 Å². The Hall–Kier alpha value is -1.79. The number of ether oxygens (including phenoxy) is 1. The molecule has 2 saturated heterocycles. The maximum absolute atomic E-state index is 12.3. The summed E-state index contributed by atoms with van der Waals surface area (Å²) in [4.78, 5) is 37.5. The number of hydrogen-bond acceptors (Lipinski definition) is 4. The summed E-state index contributed by atoms with van der Waals surface area (Å²) in [6, 6.07) is -0.675. The average molecular weight is 325 g/mol. The van der Waals surface area contributed by atoms with E-state index in [2.05, 4.69) is 10.6 Å². The quantitative estimate of drug-likeness (QED) is 0.743. The molecule has 0 aliphatic carbocycles. The molecule has 23 heavy (non-hydrogen) atoms. The number of nitrogens with one attached hydrogen (secondary N) is 2.